The van der Waals surface area contributed by atoms with Gasteiger partial charge in [0, 0.05) is 47.8 Å². The van der Waals surface area contributed by atoms with Crippen molar-refractivity contribution in [3.05, 3.63) is 63.9 Å². The third kappa shape index (κ3) is 3.94. The maximum Gasteiger partial charge on any atom is 0.253 e. The number of nitrogens with one attached hydrogen (secondary N) is 1. The van der Waals surface area contributed by atoms with Gasteiger partial charge in [0.2, 0.25) is 5.95 Å². The average Bonchev–Trinajstić information content (AvgIpc) is 3.33. The third-order valence-corrected chi connectivity index (χ3v) is 6.24. The molecule has 1 fully saturated rings. The molecule has 4 rings (SSSR count). The van der Waals surface area contributed by atoms with Gasteiger partial charge in [-0.1, -0.05) is 6.07 Å². The van der Waals surface area contributed by atoms with Gasteiger partial charge >= 0.3 is 0 Å². The third-order valence-electron chi connectivity index (χ3n) is 5.38. The van der Waals surface area contributed by atoms with Crippen molar-refractivity contribution >= 4 is 23.2 Å². The molecule has 0 bridgehead atoms. The smallest absolute Gasteiger partial charge is 0.253 e. The van der Waals surface area contributed by atoms with Crippen molar-refractivity contribution in [2.75, 3.05) is 18.0 Å². The first-order valence-corrected chi connectivity index (χ1v) is 10.5. The van der Waals surface area contributed by atoms with Crippen molar-refractivity contribution in [3.63, 3.8) is 0 Å². The molecule has 1 aliphatic heterocycles. The zero-order valence-corrected chi connectivity index (χ0v) is 17.1. The first-order valence-electron chi connectivity index (χ1n) is 9.64. The van der Waals surface area contributed by atoms with Crippen LogP contribution in [0, 0.1) is 13.8 Å². The minimum atomic E-state index is 0.0277. The quantitative estimate of drug-likeness (QED) is 0.719. The normalized spacial score (nSPS) is 15.0. The van der Waals surface area contributed by atoms with Gasteiger partial charge in [0.1, 0.15) is 0 Å². The van der Waals surface area contributed by atoms with Gasteiger partial charge in [-0.05, 0) is 50.3 Å². The molecule has 0 unspecified atom stereocenters. The summed E-state index contributed by atoms with van der Waals surface area (Å²) in [5.41, 5.74) is 2.92. The van der Waals surface area contributed by atoms with Crippen LogP contribution in [0.15, 0.2) is 42.0 Å². The Bertz CT molecular complexity index is 927. The molecule has 6 nitrogen and oxygen atoms in total. The number of thiophene rings is 1. The standard InChI is InChI=1S/C21H25N5OS/c1-15-13-19(16(2)26(15)14-18-5-3-12-28-18)20(27)24-17-6-10-25(11-7-17)21-22-8-4-9-23-21/h3-5,8-9,12-13,17H,6-7,10-11,14H2,1-2H3,(H,24,27). The second-order valence-corrected chi connectivity index (χ2v) is 8.27. The lowest BCUT2D eigenvalue weighted by Gasteiger charge is -2.32. The van der Waals surface area contributed by atoms with Crippen LogP contribution < -0.4 is 10.2 Å². The number of carbonyl (C=O) groups is 1. The van der Waals surface area contributed by atoms with Gasteiger partial charge in [0.25, 0.3) is 5.91 Å². The van der Waals surface area contributed by atoms with Crippen LogP contribution >= 0.6 is 11.3 Å². The molecule has 0 spiro atoms. The fourth-order valence-corrected chi connectivity index (χ4v) is 4.47. The maximum absolute atomic E-state index is 12.9. The molecule has 4 heterocycles. The van der Waals surface area contributed by atoms with E-state index in [0.717, 1.165) is 55.4 Å². The Balaban J connectivity index is 1.38. The fraction of sp³-hybridized carbons (Fsp3) is 0.381. The SMILES string of the molecule is Cc1cc(C(=O)NC2CCN(c3ncccn3)CC2)c(C)n1Cc1cccs1. The van der Waals surface area contributed by atoms with E-state index in [1.807, 2.05) is 19.1 Å². The Hall–Kier alpha value is -2.67. The number of anilines is 1. The summed E-state index contributed by atoms with van der Waals surface area (Å²) in [7, 11) is 0. The van der Waals surface area contributed by atoms with Gasteiger partial charge in [0.15, 0.2) is 0 Å². The monoisotopic (exact) mass is 395 g/mol. The summed E-state index contributed by atoms with van der Waals surface area (Å²) in [6.07, 6.45) is 5.33. The Labute approximate surface area is 169 Å². The van der Waals surface area contributed by atoms with E-state index >= 15 is 0 Å². The molecule has 0 radical (unpaired) electrons. The van der Waals surface area contributed by atoms with E-state index in [0.29, 0.717) is 0 Å². The summed E-state index contributed by atoms with van der Waals surface area (Å²) in [4.78, 5) is 25.0. The van der Waals surface area contributed by atoms with Crippen molar-refractivity contribution in [3.8, 4) is 0 Å². The van der Waals surface area contributed by atoms with Crippen LogP contribution in [0.5, 0.6) is 0 Å². The van der Waals surface area contributed by atoms with Crippen LogP contribution in [0.1, 0.15) is 39.5 Å². The Morgan fingerprint density at radius 2 is 1.96 bits per heavy atom. The predicted molar refractivity (Wildman–Crippen MR) is 112 cm³/mol. The van der Waals surface area contributed by atoms with E-state index in [2.05, 4.69) is 49.2 Å². The first-order chi connectivity index (χ1) is 13.6. The number of rotatable bonds is 5. The van der Waals surface area contributed by atoms with Crippen molar-refractivity contribution in [2.24, 2.45) is 0 Å². The molecular weight excluding hydrogens is 370 g/mol. The highest BCUT2D eigenvalue weighted by atomic mass is 32.1. The van der Waals surface area contributed by atoms with Gasteiger partial charge in [-0.25, -0.2) is 9.97 Å². The fourth-order valence-electron chi connectivity index (χ4n) is 3.77. The van der Waals surface area contributed by atoms with Crippen molar-refractivity contribution in [1.82, 2.24) is 19.9 Å². The highest BCUT2D eigenvalue weighted by Crippen LogP contribution is 2.21. The molecule has 1 N–H and O–H groups in total. The zero-order valence-electron chi connectivity index (χ0n) is 16.3. The Morgan fingerprint density at radius 1 is 1.21 bits per heavy atom. The van der Waals surface area contributed by atoms with E-state index in [-0.39, 0.29) is 11.9 Å². The molecule has 1 aliphatic rings. The number of hydrogen-bond donors (Lipinski definition) is 1. The van der Waals surface area contributed by atoms with Crippen LogP contribution in [-0.2, 0) is 6.54 Å². The van der Waals surface area contributed by atoms with E-state index in [9.17, 15) is 4.79 Å². The highest BCUT2D eigenvalue weighted by molar-refractivity contribution is 7.09. The summed E-state index contributed by atoms with van der Waals surface area (Å²) in [6.45, 7) is 6.62. The van der Waals surface area contributed by atoms with E-state index < -0.39 is 0 Å². The second kappa shape index (κ2) is 8.14. The van der Waals surface area contributed by atoms with E-state index in [1.54, 1.807) is 23.7 Å². The molecule has 28 heavy (non-hydrogen) atoms. The molecule has 146 valence electrons. The van der Waals surface area contributed by atoms with Gasteiger partial charge in [-0.2, -0.15) is 0 Å². The molecule has 3 aromatic rings. The van der Waals surface area contributed by atoms with Gasteiger partial charge in [-0.3, -0.25) is 4.79 Å². The van der Waals surface area contributed by atoms with Crippen LogP contribution in [0.3, 0.4) is 0 Å². The summed E-state index contributed by atoms with van der Waals surface area (Å²) in [5, 5.41) is 5.32. The molecular formula is C21H25N5OS. The molecule has 7 heteroatoms. The number of hydrogen-bond acceptors (Lipinski definition) is 5. The van der Waals surface area contributed by atoms with Crippen molar-refractivity contribution < 1.29 is 4.79 Å². The lowest BCUT2D eigenvalue weighted by Crippen LogP contribution is -2.45. The number of aromatic nitrogens is 3. The first kappa shape index (κ1) is 18.7. The molecule has 0 aromatic carbocycles. The summed E-state index contributed by atoms with van der Waals surface area (Å²) >= 11 is 1.74. The van der Waals surface area contributed by atoms with Crippen LogP contribution in [0.2, 0.25) is 0 Å². The van der Waals surface area contributed by atoms with E-state index in [1.165, 1.54) is 4.88 Å². The largest absolute Gasteiger partial charge is 0.349 e. The number of piperidine rings is 1. The molecule has 0 atom stereocenters. The van der Waals surface area contributed by atoms with Gasteiger partial charge < -0.3 is 14.8 Å². The Kier molecular flexibility index (Phi) is 5.43. The van der Waals surface area contributed by atoms with Crippen LogP contribution in [0.4, 0.5) is 5.95 Å². The minimum Gasteiger partial charge on any atom is -0.349 e. The summed E-state index contributed by atoms with van der Waals surface area (Å²) < 4.78 is 2.22. The highest BCUT2D eigenvalue weighted by Gasteiger charge is 2.24. The molecule has 0 saturated carbocycles. The zero-order chi connectivity index (χ0) is 19.5. The number of nitrogens with zero attached hydrogens (tertiary/aromatic N) is 4. The molecule has 3 aromatic heterocycles. The molecule has 1 saturated heterocycles. The van der Waals surface area contributed by atoms with Crippen LogP contribution in [0.25, 0.3) is 0 Å². The average molecular weight is 396 g/mol. The van der Waals surface area contributed by atoms with Crippen molar-refractivity contribution in [1.29, 1.82) is 0 Å². The second-order valence-electron chi connectivity index (χ2n) is 7.23. The van der Waals surface area contributed by atoms with Gasteiger partial charge in [-0.15, -0.1) is 11.3 Å². The predicted octanol–water partition coefficient (Wildman–Crippen LogP) is 3.40. The number of aryl methyl sites for hydroxylation is 1. The lowest BCUT2D eigenvalue weighted by atomic mass is 10.0. The minimum absolute atomic E-state index is 0.0277. The molecule has 1 amide bonds. The topological polar surface area (TPSA) is 63.1 Å². The van der Waals surface area contributed by atoms with Crippen molar-refractivity contribution in [2.45, 2.75) is 39.3 Å². The molecule has 0 aliphatic carbocycles. The Morgan fingerprint density at radius 3 is 2.64 bits per heavy atom. The number of amides is 1. The van der Waals surface area contributed by atoms with Crippen LogP contribution in [-0.4, -0.2) is 39.6 Å². The van der Waals surface area contributed by atoms with Gasteiger partial charge in [0.05, 0.1) is 12.1 Å². The summed E-state index contributed by atoms with van der Waals surface area (Å²) in [6, 6.07) is 8.21. The lowest BCUT2D eigenvalue weighted by molar-refractivity contribution is 0.0930. The summed E-state index contributed by atoms with van der Waals surface area (Å²) in [5.74, 6) is 0.796. The maximum atomic E-state index is 12.9. The van der Waals surface area contributed by atoms with E-state index in [4.69, 9.17) is 0 Å². The number of carbonyl (C=O) groups excluding carboxylic acids is 1.